The van der Waals surface area contributed by atoms with Crippen LogP contribution in [0.2, 0.25) is 0 Å². The van der Waals surface area contributed by atoms with Crippen LogP contribution in [0.1, 0.15) is 26.7 Å². The summed E-state index contributed by atoms with van der Waals surface area (Å²) in [5.41, 5.74) is 5.71. The molecule has 1 fully saturated rings. The molecule has 4 N–H and O–H groups in total. The molecule has 1 aliphatic rings. The minimum Gasteiger partial charge on any atom is -0.393 e. The van der Waals surface area contributed by atoms with Crippen LogP contribution in [0.25, 0.3) is 0 Å². The van der Waals surface area contributed by atoms with E-state index in [1.807, 2.05) is 18.7 Å². The molecule has 7 heteroatoms. The number of nitrogens with two attached hydrogens (primary N) is 1. The first-order chi connectivity index (χ1) is 9.12. The largest absolute Gasteiger partial charge is 0.393 e. The van der Waals surface area contributed by atoms with Gasteiger partial charge in [-0.15, -0.1) is 0 Å². The molecule has 1 aromatic heterocycles. The van der Waals surface area contributed by atoms with Gasteiger partial charge in [-0.1, -0.05) is 0 Å². The van der Waals surface area contributed by atoms with Gasteiger partial charge in [0, 0.05) is 19.6 Å². The van der Waals surface area contributed by atoms with Gasteiger partial charge in [0.1, 0.15) is 0 Å². The van der Waals surface area contributed by atoms with Gasteiger partial charge in [-0.25, -0.2) is 0 Å². The first-order valence-corrected chi connectivity index (χ1v) is 6.80. The van der Waals surface area contributed by atoms with Gasteiger partial charge in [0.15, 0.2) is 0 Å². The quantitative estimate of drug-likeness (QED) is 0.688. The number of rotatable bonds is 6. The molecule has 2 rings (SSSR count). The van der Waals surface area contributed by atoms with Crippen LogP contribution in [-0.4, -0.2) is 45.8 Å². The molecule has 1 saturated carbocycles. The minimum absolute atomic E-state index is 0.138. The molecule has 1 heterocycles. The van der Waals surface area contributed by atoms with E-state index in [1.165, 1.54) is 0 Å². The second-order valence-corrected chi connectivity index (χ2v) is 4.86. The number of hydrogen-bond donors (Lipinski definition) is 3. The van der Waals surface area contributed by atoms with Gasteiger partial charge in [-0.2, -0.15) is 15.0 Å². The molecule has 0 aromatic carbocycles. The summed E-state index contributed by atoms with van der Waals surface area (Å²) in [4.78, 5) is 14.6. The van der Waals surface area contributed by atoms with E-state index in [2.05, 4.69) is 20.3 Å². The Balaban J connectivity index is 1.99. The number of aromatic nitrogens is 3. The van der Waals surface area contributed by atoms with Gasteiger partial charge in [-0.3, -0.25) is 0 Å². The number of nitrogens with zero attached hydrogens (tertiary/aromatic N) is 4. The third-order valence-corrected chi connectivity index (χ3v) is 3.45. The maximum absolute atomic E-state index is 9.24. The first-order valence-electron chi connectivity index (χ1n) is 6.80. The maximum atomic E-state index is 9.24. The van der Waals surface area contributed by atoms with Crippen LogP contribution in [0.5, 0.6) is 0 Å². The summed E-state index contributed by atoms with van der Waals surface area (Å²) in [5.74, 6) is 1.84. The average molecular weight is 266 g/mol. The molecule has 0 radical (unpaired) electrons. The topological polar surface area (TPSA) is 100 Å². The Morgan fingerprint density at radius 1 is 1.26 bits per heavy atom. The van der Waals surface area contributed by atoms with Crippen LogP contribution in [0.4, 0.5) is 17.8 Å². The van der Waals surface area contributed by atoms with Crippen LogP contribution in [0.15, 0.2) is 0 Å². The number of anilines is 3. The molecule has 0 bridgehead atoms. The molecule has 106 valence electrons. The lowest BCUT2D eigenvalue weighted by molar-refractivity contribution is 0.0486. The van der Waals surface area contributed by atoms with Gasteiger partial charge < -0.3 is 21.1 Å². The van der Waals surface area contributed by atoms with E-state index in [1.54, 1.807) is 0 Å². The van der Waals surface area contributed by atoms with Crippen LogP contribution in [0, 0.1) is 5.92 Å². The predicted molar refractivity (Wildman–Crippen MR) is 75.0 cm³/mol. The Hall–Kier alpha value is -1.63. The molecule has 0 saturated heterocycles. The Bertz CT molecular complexity index is 417. The zero-order chi connectivity index (χ0) is 13.8. The second-order valence-electron chi connectivity index (χ2n) is 4.86. The molecule has 1 aromatic rings. The van der Waals surface area contributed by atoms with Crippen LogP contribution in [0.3, 0.4) is 0 Å². The third-order valence-electron chi connectivity index (χ3n) is 3.45. The molecule has 19 heavy (non-hydrogen) atoms. The summed E-state index contributed by atoms with van der Waals surface area (Å²) in [6.45, 7) is 6.51. The number of nitrogen functional groups attached to an aromatic ring is 1. The van der Waals surface area contributed by atoms with Crippen molar-refractivity contribution in [1.29, 1.82) is 0 Å². The highest BCUT2D eigenvalue weighted by Gasteiger charge is 2.26. The Kier molecular flexibility index (Phi) is 4.36. The molecular formula is C12H22N6O. The van der Waals surface area contributed by atoms with E-state index in [4.69, 9.17) is 5.73 Å². The lowest BCUT2D eigenvalue weighted by Gasteiger charge is -2.31. The summed E-state index contributed by atoms with van der Waals surface area (Å²) in [6, 6.07) is 0. The van der Waals surface area contributed by atoms with Crippen molar-refractivity contribution in [2.75, 3.05) is 35.6 Å². The van der Waals surface area contributed by atoms with E-state index in [0.717, 1.165) is 32.5 Å². The zero-order valence-electron chi connectivity index (χ0n) is 11.5. The van der Waals surface area contributed by atoms with Gasteiger partial charge in [0.05, 0.1) is 6.10 Å². The lowest BCUT2D eigenvalue weighted by Crippen LogP contribution is -2.33. The highest BCUT2D eigenvalue weighted by atomic mass is 16.3. The van der Waals surface area contributed by atoms with E-state index in [-0.39, 0.29) is 12.1 Å². The minimum atomic E-state index is -0.138. The van der Waals surface area contributed by atoms with Crippen molar-refractivity contribution in [2.24, 2.45) is 5.92 Å². The van der Waals surface area contributed by atoms with E-state index >= 15 is 0 Å². The second kappa shape index (κ2) is 6.01. The predicted octanol–water partition coefficient (Wildman–Crippen LogP) is 0.483. The monoisotopic (exact) mass is 266 g/mol. The summed E-state index contributed by atoms with van der Waals surface area (Å²) in [6.07, 6.45) is 1.55. The van der Waals surface area contributed by atoms with E-state index in [0.29, 0.717) is 17.8 Å². The van der Waals surface area contributed by atoms with Crippen molar-refractivity contribution in [3.63, 3.8) is 0 Å². The van der Waals surface area contributed by atoms with E-state index < -0.39 is 0 Å². The summed E-state index contributed by atoms with van der Waals surface area (Å²) >= 11 is 0. The summed E-state index contributed by atoms with van der Waals surface area (Å²) in [7, 11) is 0. The number of nitrogens with one attached hydrogen (secondary N) is 1. The summed E-state index contributed by atoms with van der Waals surface area (Å²) < 4.78 is 0. The van der Waals surface area contributed by atoms with Gasteiger partial charge in [0.2, 0.25) is 17.8 Å². The lowest BCUT2D eigenvalue weighted by atomic mass is 9.82. The summed E-state index contributed by atoms with van der Waals surface area (Å²) in [5, 5.41) is 12.4. The highest BCUT2D eigenvalue weighted by Crippen LogP contribution is 2.27. The number of aliphatic hydroxyl groups excluding tert-OH is 1. The molecule has 0 spiro atoms. The SMILES string of the molecule is CCN(CC)c1nc(N)nc(NCC2CC(O)C2)n1. The van der Waals surface area contributed by atoms with Crippen molar-refractivity contribution in [3.8, 4) is 0 Å². The average Bonchev–Trinajstić information content (AvgIpc) is 2.34. The molecule has 1 aliphatic carbocycles. The van der Waals surface area contributed by atoms with E-state index in [9.17, 15) is 5.11 Å². The molecule has 0 unspecified atom stereocenters. The smallest absolute Gasteiger partial charge is 0.231 e. The fourth-order valence-electron chi connectivity index (χ4n) is 2.21. The molecule has 0 aliphatic heterocycles. The van der Waals surface area contributed by atoms with Crippen molar-refractivity contribution in [1.82, 2.24) is 15.0 Å². The van der Waals surface area contributed by atoms with Crippen molar-refractivity contribution < 1.29 is 5.11 Å². The third kappa shape index (κ3) is 3.44. The Morgan fingerprint density at radius 3 is 2.53 bits per heavy atom. The van der Waals surface area contributed by atoms with Gasteiger partial charge in [-0.05, 0) is 32.6 Å². The number of hydrogen-bond acceptors (Lipinski definition) is 7. The van der Waals surface area contributed by atoms with Crippen LogP contribution in [-0.2, 0) is 0 Å². The molecule has 0 amide bonds. The van der Waals surface area contributed by atoms with Crippen molar-refractivity contribution >= 4 is 17.8 Å². The highest BCUT2D eigenvalue weighted by molar-refractivity contribution is 5.41. The fraction of sp³-hybridized carbons (Fsp3) is 0.750. The Labute approximate surface area is 113 Å². The van der Waals surface area contributed by atoms with Gasteiger partial charge >= 0.3 is 0 Å². The standard InChI is InChI=1S/C12H22N6O/c1-3-18(4-2)12-16-10(13)15-11(17-12)14-7-8-5-9(19)6-8/h8-9,19H,3-7H2,1-2H3,(H3,13,14,15,16,17). The van der Waals surface area contributed by atoms with Crippen LogP contribution >= 0.6 is 0 Å². The zero-order valence-corrected chi connectivity index (χ0v) is 11.5. The number of aliphatic hydroxyl groups is 1. The van der Waals surface area contributed by atoms with Crippen LogP contribution < -0.4 is 16.0 Å². The normalized spacial score (nSPS) is 21.8. The fourth-order valence-corrected chi connectivity index (χ4v) is 2.21. The molecule has 0 atom stereocenters. The molecule has 7 nitrogen and oxygen atoms in total. The first kappa shape index (κ1) is 13.8. The maximum Gasteiger partial charge on any atom is 0.231 e. The van der Waals surface area contributed by atoms with Crippen molar-refractivity contribution in [2.45, 2.75) is 32.8 Å². The van der Waals surface area contributed by atoms with Gasteiger partial charge in [0.25, 0.3) is 0 Å². The Morgan fingerprint density at radius 2 is 1.95 bits per heavy atom. The van der Waals surface area contributed by atoms with Crippen molar-refractivity contribution in [3.05, 3.63) is 0 Å². The molecular weight excluding hydrogens is 244 g/mol.